The van der Waals surface area contributed by atoms with Crippen LogP contribution in [0, 0.1) is 0 Å². The number of rotatable bonds is 4. The summed E-state index contributed by atoms with van der Waals surface area (Å²) in [5.74, 6) is 0.460. The number of pyridine rings is 1. The fourth-order valence-electron chi connectivity index (χ4n) is 2.13. The minimum Gasteiger partial charge on any atom is -0.353 e. The molecule has 5 heteroatoms. The minimum atomic E-state index is 0.0774. The van der Waals surface area contributed by atoms with E-state index in [1.807, 2.05) is 0 Å². The number of halogens is 1. The third kappa shape index (κ3) is 4.18. The van der Waals surface area contributed by atoms with Gasteiger partial charge in [0.05, 0.1) is 10.8 Å². The second-order valence-corrected chi connectivity index (χ2v) is 5.85. The Kier molecular flexibility index (Phi) is 5.32. The first-order valence-corrected chi connectivity index (χ1v) is 7.65. The maximum absolute atomic E-state index is 11.8. The summed E-state index contributed by atoms with van der Waals surface area (Å²) in [5.41, 5.74) is 0. The minimum absolute atomic E-state index is 0.0774. The first kappa shape index (κ1) is 13.7. The topological polar surface area (TPSA) is 42.0 Å². The van der Waals surface area contributed by atoms with E-state index in [1.54, 1.807) is 18.3 Å². The molecule has 98 valence electrons. The molecule has 0 bridgehead atoms. The molecule has 1 N–H and O–H groups in total. The van der Waals surface area contributed by atoms with Gasteiger partial charge in [-0.3, -0.25) is 4.79 Å². The zero-order valence-electron chi connectivity index (χ0n) is 10.2. The smallest absolute Gasteiger partial charge is 0.230 e. The maximum atomic E-state index is 11.8. The highest BCUT2D eigenvalue weighted by molar-refractivity contribution is 8.00. The third-order valence-corrected chi connectivity index (χ3v) is 4.46. The van der Waals surface area contributed by atoms with Gasteiger partial charge in [-0.15, -0.1) is 0 Å². The van der Waals surface area contributed by atoms with E-state index < -0.39 is 0 Å². The number of hydrogen-bond acceptors (Lipinski definition) is 3. The number of nitrogens with zero attached hydrogens (tertiary/aromatic N) is 1. The lowest BCUT2D eigenvalue weighted by atomic mass is 9.95. The molecule has 0 saturated heterocycles. The Labute approximate surface area is 117 Å². The SMILES string of the molecule is O=C(CSc1ncccc1Cl)NC1CCCCC1. The quantitative estimate of drug-likeness (QED) is 0.863. The molecule has 18 heavy (non-hydrogen) atoms. The molecule has 0 aliphatic heterocycles. The Balaban J connectivity index is 1.76. The largest absolute Gasteiger partial charge is 0.353 e. The van der Waals surface area contributed by atoms with Crippen molar-refractivity contribution in [2.75, 3.05) is 5.75 Å². The van der Waals surface area contributed by atoms with Crippen molar-refractivity contribution < 1.29 is 4.79 Å². The second-order valence-electron chi connectivity index (χ2n) is 4.48. The molecule has 1 fully saturated rings. The number of aromatic nitrogens is 1. The normalized spacial score (nSPS) is 16.5. The van der Waals surface area contributed by atoms with Gasteiger partial charge in [0.25, 0.3) is 0 Å². The molecule has 1 aromatic rings. The molecular formula is C13H17ClN2OS. The van der Waals surface area contributed by atoms with Gasteiger partial charge in [0.2, 0.25) is 5.91 Å². The fraction of sp³-hybridized carbons (Fsp3) is 0.538. The molecule has 1 heterocycles. The van der Waals surface area contributed by atoms with Crippen molar-refractivity contribution in [1.29, 1.82) is 0 Å². The molecule has 3 nitrogen and oxygen atoms in total. The molecule has 0 radical (unpaired) electrons. The fourth-order valence-corrected chi connectivity index (χ4v) is 3.11. The summed E-state index contributed by atoms with van der Waals surface area (Å²) in [6.45, 7) is 0. The maximum Gasteiger partial charge on any atom is 0.230 e. The van der Waals surface area contributed by atoms with Crippen molar-refractivity contribution in [1.82, 2.24) is 10.3 Å². The summed E-state index contributed by atoms with van der Waals surface area (Å²) in [6, 6.07) is 3.94. The summed E-state index contributed by atoms with van der Waals surface area (Å²) < 4.78 is 0. The molecule has 0 unspecified atom stereocenters. The Morgan fingerprint density at radius 3 is 2.94 bits per heavy atom. The first-order valence-electron chi connectivity index (χ1n) is 6.28. The highest BCUT2D eigenvalue weighted by Crippen LogP contribution is 2.24. The van der Waals surface area contributed by atoms with Crippen LogP contribution < -0.4 is 5.32 Å². The van der Waals surface area contributed by atoms with Gasteiger partial charge in [-0.1, -0.05) is 42.6 Å². The number of hydrogen-bond donors (Lipinski definition) is 1. The summed E-state index contributed by atoms with van der Waals surface area (Å²) in [5, 5.41) is 4.40. The Morgan fingerprint density at radius 2 is 2.22 bits per heavy atom. The Bertz CT molecular complexity index is 408. The van der Waals surface area contributed by atoms with Gasteiger partial charge in [0, 0.05) is 12.2 Å². The number of nitrogens with one attached hydrogen (secondary N) is 1. The van der Waals surface area contributed by atoms with Crippen LogP contribution in [0.25, 0.3) is 0 Å². The van der Waals surface area contributed by atoms with Crippen molar-refractivity contribution in [3.8, 4) is 0 Å². The van der Waals surface area contributed by atoms with E-state index in [-0.39, 0.29) is 5.91 Å². The zero-order valence-corrected chi connectivity index (χ0v) is 11.8. The molecule has 1 aliphatic rings. The number of thioether (sulfide) groups is 1. The van der Waals surface area contributed by atoms with Crippen LogP contribution in [0.2, 0.25) is 5.02 Å². The number of carbonyl (C=O) groups is 1. The van der Waals surface area contributed by atoms with Crippen LogP contribution in [-0.4, -0.2) is 22.7 Å². The van der Waals surface area contributed by atoms with Crippen LogP contribution in [0.3, 0.4) is 0 Å². The lowest BCUT2D eigenvalue weighted by Gasteiger charge is -2.22. The molecule has 1 amide bonds. The van der Waals surface area contributed by atoms with Gasteiger partial charge in [-0.2, -0.15) is 0 Å². The van der Waals surface area contributed by atoms with E-state index in [0.717, 1.165) is 17.9 Å². The van der Waals surface area contributed by atoms with Gasteiger partial charge >= 0.3 is 0 Å². The molecule has 1 aliphatic carbocycles. The molecular weight excluding hydrogens is 268 g/mol. The van der Waals surface area contributed by atoms with Gasteiger partial charge < -0.3 is 5.32 Å². The zero-order chi connectivity index (χ0) is 12.8. The predicted octanol–water partition coefficient (Wildman–Crippen LogP) is 3.28. The van der Waals surface area contributed by atoms with Crippen LogP contribution in [0.15, 0.2) is 23.4 Å². The van der Waals surface area contributed by atoms with Crippen LogP contribution in [0.5, 0.6) is 0 Å². The van der Waals surface area contributed by atoms with E-state index in [9.17, 15) is 4.79 Å². The molecule has 1 aromatic heterocycles. The van der Waals surface area contributed by atoms with Gasteiger partial charge in [0.1, 0.15) is 5.03 Å². The van der Waals surface area contributed by atoms with E-state index in [4.69, 9.17) is 11.6 Å². The highest BCUT2D eigenvalue weighted by Gasteiger charge is 2.16. The van der Waals surface area contributed by atoms with Crippen molar-refractivity contribution in [2.45, 2.75) is 43.2 Å². The van der Waals surface area contributed by atoms with Gasteiger partial charge in [-0.05, 0) is 25.0 Å². The van der Waals surface area contributed by atoms with Crippen LogP contribution >= 0.6 is 23.4 Å². The summed E-state index contributed by atoms with van der Waals surface area (Å²) in [7, 11) is 0. The second kappa shape index (κ2) is 7.00. The molecule has 0 atom stereocenters. The summed E-state index contributed by atoms with van der Waals surface area (Å²) in [6.07, 6.45) is 7.66. The highest BCUT2D eigenvalue weighted by atomic mass is 35.5. The molecule has 2 rings (SSSR count). The van der Waals surface area contributed by atoms with Gasteiger partial charge in [0.15, 0.2) is 0 Å². The summed E-state index contributed by atoms with van der Waals surface area (Å²) >= 11 is 7.37. The van der Waals surface area contributed by atoms with Crippen LogP contribution in [0.1, 0.15) is 32.1 Å². The van der Waals surface area contributed by atoms with Crippen molar-refractivity contribution in [2.24, 2.45) is 0 Å². The van der Waals surface area contributed by atoms with Gasteiger partial charge in [-0.25, -0.2) is 4.98 Å². The van der Waals surface area contributed by atoms with E-state index in [2.05, 4.69) is 10.3 Å². The monoisotopic (exact) mass is 284 g/mol. The van der Waals surface area contributed by atoms with Crippen LogP contribution in [-0.2, 0) is 4.79 Å². The van der Waals surface area contributed by atoms with Crippen molar-refractivity contribution in [3.63, 3.8) is 0 Å². The lowest BCUT2D eigenvalue weighted by molar-refractivity contribution is -0.119. The average Bonchev–Trinajstić information content (AvgIpc) is 2.39. The Hall–Kier alpha value is -0.740. The summed E-state index contributed by atoms with van der Waals surface area (Å²) in [4.78, 5) is 15.9. The van der Waals surface area contributed by atoms with E-state index >= 15 is 0 Å². The molecule has 0 aromatic carbocycles. The van der Waals surface area contributed by atoms with Crippen molar-refractivity contribution >= 4 is 29.3 Å². The standard InChI is InChI=1S/C13H17ClN2OS/c14-11-7-4-8-15-13(11)18-9-12(17)16-10-5-2-1-3-6-10/h4,7-8,10H,1-3,5-6,9H2,(H,16,17). The Morgan fingerprint density at radius 1 is 1.44 bits per heavy atom. The average molecular weight is 285 g/mol. The van der Waals surface area contributed by atoms with E-state index in [1.165, 1.54) is 31.0 Å². The predicted molar refractivity (Wildman–Crippen MR) is 75.0 cm³/mol. The molecule has 0 spiro atoms. The van der Waals surface area contributed by atoms with Crippen molar-refractivity contribution in [3.05, 3.63) is 23.4 Å². The molecule has 1 saturated carbocycles. The third-order valence-electron chi connectivity index (χ3n) is 3.03. The lowest BCUT2D eigenvalue weighted by Crippen LogP contribution is -2.37. The first-order chi connectivity index (χ1) is 8.75. The number of amides is 1. The number of carbonyl (C=O) groups excluding carboxylic acids is 1. The van der Waals surface area contributed by atoms with E-state index in [0.29, 0.717) is 16.8 Å². The van der Waals surface area contributed by atoms with Crippen LogP contribution in [0.4, 0.5) is 0 Å².